The van der Waals surface area contributed by atoms with Gasteiger partial charge in [-0.05, 0) is 92.4 Å². The first-order valence-electron chi connectivity index (χ1n) is 13.6. The quantitative estimate of drug-likeness (QED) is 0.200. The van der Waals surface area contributed by atoms with E-state index in [1.165, 1.54) is 17.5 Å². The standard InChI is InChI=1S/C31H31N7/c32-14-2-1-5-30-35-25-13-9-22(18-28(25)36-30)24-11-8-21-16-19(6-10-23(21)34-24)20-7-12-26-29(17-20)38-31(37-26)27-4-3-15-33-27/h6-13,16-18,27,33H,1-5,14-15,32H2,(H,35,36)(H,37,38). The summed E-state index contributed by atoms with van der Waals surface area (Å²) in [5, 5.41) is 4.65. The number of aryl methyl sites for hydroxylation is 1. The first-order valence-corrected chi connectivity index (χ1v) is 13.6. The fourth-order valence-corrected chi connectivity index (χ4v) is 5.53. The minimum Gasteiger partial charge on any atom is -0.342 e. The molecule has 38 heavy (non-hydrogen) atoms. The van der Waals surface area contributed by atoms with Crippen molar-refractivity contribution in [2.45, 2.75) is 38.1 Å². The highest BCUT2D eigenvalue weighted by Crippen LogP contribution is 2.30. The number of pyridine rings is 1. The first-order chi connectivity index (χ1) is 18.7. The molecule has 1 saturated heterocycles. The molecular formula is C31H31N7. The van der Waals surface area contributed by atoms with Crippen LogP contribution in [0.1, 0.15) is 43.4 Å². The van der Waals surface area contributed by atoms with Crippen LogP contribution in [0, 0.1) is 0 Å². The number of rotatable bonds is 7. The average Bonchev–Trinajstić information content (AvgIpc) is 3.71. The number of nitrogens with zero attached hydrogens (tertiary/aromatic N) is 3. The van der Waals surface area contributed by atoms with Gasteiger partial charge in [-0.25, -0.2) is 15.0 Å². The second kappa shape index (κ2) is 9.67. The number of nitrogens with one attached hydrogen (secondary N) is 3. The summed E-state index contributed by atoms with van der Waals surface area (Å²) in [5.74, 6) is 2.06. The number of fused-ring (bicyclic) bond motifs is 3. The maximum atomic E-state index is 5.63. The molecule has 0 aliphatic carbocycles. The Balaban J connectivity index is 1.16. The summed E-state index contributed by atoms with van der Waals surface area (Å²) >= 11 is 0. The van der Waals surface area contributed by atoms with Crippen molar-refractivity contribution in [2.75, 3.05) is 13.1 Å². The Kier molecular flexibility index (Phi) is 5.87. The molecule has 1 aliphatic heterocycles. The van der Waals surface area contributed by atoms with Crippen molar-refractivity contribution in [3.05, 3.63) is 78.4 Å². The van der Waals surface area contributed by atoms with Crippen molar-refractivity contribution in [1.29, 1.82) is 0 Å². The molecule has 190 valence electrons. The minimum absolute atomic E-state index is 0.337. The highest BCUT2D eigenvalue weighted by molar-refractivity contribution is 5.89. The molecule has 7 heteroatoms. The molecule has 6 aromatic rings. The van der Waals surface area contributed by atoms with Gasteiger partial charge in [-0.3, -0.25) is 0 Å². The molecule has 1 atom stereocenters. The van der Waals surface area contributed by atoms with E-state index in [-0.39, 0.29) is 0 Å². The predicted molar refractivity (Wildman–Crippen MR) is 154 cm³/mol. The van der Waals surface area contributed by atoms with E-state index in [0.717, 1.165) is 94.6 Å². The van der Waals surface area contributed by atoms with Crippen LogP contribution in [0.15, 0.2) is 66.7 Å². The molecule has 1 unspecified atom stereocenters. The molecule has 0 bridgehead atoms. The van der Waals surface area contributed by atoms with Crippen molar-refractivity contribution in [3.63, 3.8) is 0 Å². The Morgan fingerprint density at radius 3 is 2.34 bits per heavy atom. The lowest BCUT2D eigenvalue weighted by molar-refractivity contribution is 0.614. The number of unbranched alkanes of at least 4 members (excludes halogenated alkanes) is 1. The van der Waals surface area contributed by atoms with E-state index in [9.17, 15) is 0 Å². The zero-order valence-electron chi connectivity index (χ0n) is 21.3. The number of hydrogen-bond donors (Lipinski definition) is 4. The number of aromatic amines is 2. The highest BCUT2D eigenvalue weighted by Gasteiger charge is 2.19. The monoisotopic (exact) mass is 501 g/mol. The Morgan fingerprint density at radius 1 is 0.737 bits per heavy atom. The van der Waals surface area contributed by atoms with E-state index in [2.05, 4.69) is 82.0 Å². The van der Waals surface area contributed by atoms with Crippen LogP contribution < -0.4 is 11.1 Å². The van der Waals surface area contributed by atoms with Crippen LogP contribution in [-0.2, 0) is 6.42 Å². The molecule has 4 heterocycles. The summed E-state index contributed by atoms with van der Waals surface area (Å²) in [6, 6.07) is 23.9. The number of nitrogens with two attached hydrogens (primary N) is 1. The topological polar surface area (TPSA) is 108 Å². The zero-order valence-corrected chi connectivity index (χ0v) is 21.3. The first kappa shape index (κ1) is 23.1. The summed E-state index contributed by atoms with van der Waals surface area (Å²) in [5.41, 5.74) is 15.1. The van der Waals surface area contributed by atoms with Crippen molar-refractivity contribution >= 4 is 33.0 Å². The fourth-order valence-electron chi connectivity index (χ4n) is 5.53. The third-order valence-electron chi connectivity index (χ3n) is 7.61. The molecular weight excluding hydrogens is 470 g/mol. The lowest BCUT2D eigenvalue weighted by Crippen LogP contribution is -2.13. The molecule has 0 spiro atoms. The molecule has 0 radical (unpaired) electrons. The van der Waals surface area contributed by atoms with Crippen LogP contribution in [0.2, 0.25) is 0 Å². The molecule has 0 amide bonds. The number of aromatic nitrogens is 5. The molecule has 7 rings (SSSR count). The van der Waals surface area contributed by atoms with Crippen molar-refractivity contribution < 1.29 is 0 Å². The molecule has 1 aliphatic rings. The van der Waals surface area contributed by atoms with Crippen LogP contribution in [0.5, 0.6) is 0 Å². The van der Waals surface area contributed by atoms with Gasteiger partial charge >= 0.3 is 0 Å². The van der Waals surface area contributed by atoms with Gasteiger partial charge in [0.2, 0.25) is 0 Å². The predicted octanol–water partition coefficient (Wildman–Crippen LogP) is 6.03. The van der Waals surface area contributed by atoms with Gasteiger partial charge in [-0.1, -0.05) is 24.3 Å². The van der Waals surface area contributed by atoms with Gasteiger partial charge in [-0.15, -0.1) is 0 Å². The maximum absolute atomic E-state index is 5.63. The second-order valence-electron chi connectivity index (χ2n) is 10.3. The smallest absolute Gasteiger partial charge is 0.124 e. The number of benzene rings is 3. The summed E-state index contributed by atoms with van der Waals surface area (Å²) in [4.78, 5) is 21.5. The van der Waals surface area contributed by atoms with Crippen LogP contribution in [-0.4, -0.2) is 38.0 Å². The molecule has 0 saturated carbocycles. The second-order valence-corrected chi connectivity index (χ2v) is 10.3. The lowest BCUT2D eigenvalue weighted by atomic mass is 10.0. The molecule has 7 nitrogen and oxygen atoms in total. The third kappa shape index (κ3) is 4.34. The van der Waals surface area contributed by atoms with Crippen molar-refractivity contribution in [1.82, 2.24) is 30.2 Å². The Labute approximate surface area is 220 Å². The largest absolute Gasteiger partial charge is 0.342 e. The number of hydrogen-bond acceptors (Lipinski definition) is 5. The van der Waals surface area contributed by atoms with Gasteiger partial charge in [0.05, 0.1) is 39.3 Å². The normalized spacial score (nSPS) is 15.8. The summed E-state index contributed by atoms with van der Waals surface area (Å²) in [7, 11) is 0. The molecule has 5 N–H and O–H groups in total. The molecule has 3 aromatic carbocycles. The number of H-pyrrole nitrogens is 2. The van der Waals surface area contributed by atoms with Crippen LogP contribution in [0.25, 0.3) is 55.4 Å². The van der Waals surface area contributed by atoms with Gasteiger partial charge < -0.3 is 21.0 Å². The Hall–Kier alpha value is -4.07. The summed E-state index contributed by atoms with van der Waals surface area (Å²) < 4.78 is 0. The van der Waals surface area contributed by atoms with Gasteiger partial charge in [-0.2, -0.15) is 0 Å². The fraction of sp³-hybridized carbons (Fsp3) is 0.258. The third-order valence-corrected chi connectivity index (χ3v) is 7.61. The van der Waals surface area contributed by atoms with Gasteiger partial charge in [0.1, 0.15) is 11.6 Å². The van der Waals surface area contributed by atoms with E-state index >= 15 is 0 Å². The van der Waals surface area contributed by atoms with Crippen molar-refractivity contribution in [3.8, 4) is 22.4 Å². The van der Waals surface area contributed by atoms with E-state index in [1.54, 1.807) is 0 Å². The van der Waals surface area contributed by atoms with Crippen LogP contribution >= 0.6 is 0 Å². The van der Waals surface area contributed by atoms with Gasteiger partial charge in [0, 0.05) is 17.4 Å². The van der Waals surface area contributed by atoms with Crippen molar-refractivity contribution in [2.24, 2.45) is 5.73 Å². The van der Waals surface area contributed by atoms with E-state index in [1.807, 2.05) is 0 Å². The number of imidazole rings is 2. The summed E-state index contributed by atoms with van der Waals surface area (Å²) in [6.45, 7) is 1.78. The van der Waals surface area contributed by atoms with Gasteiger partial charge in [0.25, 0.3) is 0 Å². The summed E-state index contributed by atoms with van der Waals surface area (Å²) in [6.07, 6.45) is 5.32. The highest BCUT2D eigenvalue weighted by atomic mass is 15.0. The SMILES string of the molecule is NCCCCc1nc2ccc(-c3ccc4cc(-c5ccc6nc(C7CCCN7)[nH]c6c5)ccc4n3)cc2[nH]1. The lowest BCUT2D eigenvalue weighted by Gasteiger charge is -2.07. The van der Waals surface area contributed by atoms with Gasteiger partial charge in [0.15, 0.2) is 0 Å². The Morgan fingerprint density at radius 2 is 1.50 bits per heavy atom. The molecule has 3 aromatic heterocycles. The zero-order chi connectivity index (χ0) is 25.5. The maximum Gasteiger partial charge on any atom is 0.124 e. The van der Waals surface area contributed by atoms with E-state index < -0.39 is 0 Å². The van der Waals surface area contributed by atoms with E-state index in [4.69, 9.17) is 20.7 Å². The van der Waals surface area contributed by atoms with E-state index in [0.29, 0.717) is 6.04 Å². The van der Waals surface area contributed by atoms with Crippen LogP contribution in [0.4, 0.5) is 0 Å². The minimum atomic E-state index is 0.337. The van der Waals surface area contributed by atoms with Crippen LogP contribution in [0.3, 0.4) is 0 Å². The Bertz CT molecular complexity index is 1760. The molecule has 1 fully saturated rings. The average molecular weight is 502 g/mol.